The second-order valence-corrected chi connectivity index (χ2v) is 5.17. The molecule has 2 amide bonds. The molecule has 0 saturated carbocycles. The number of halogens is 1. The van der Waals surface area contributed by atoms with Gasteiger partial charge in [-0.3, -0.25) is 9.59 Å². The Kier molecular flexibility index (Phi) is 5.91. The minimum absolute atomic E-state index is 0.0746. The fourth-order valence-electron chi connectivity index (χ4n) is 1.89. The van der Waals surface area contributed by atoms with Gasteiger partial charge in [0.15, 0.2) is 11.4 Å². The van der Waals surface area contributed by atoms with Gasteiger partial charge >= 0.3 is 0 Å². The molecule has 0 unspecified atom stereocenters. The summed E-state index contributed by atoms with van der Waals surface area (Å²) in [6.07, 6.45) is 2.66. The Morgan fingerprint density at radius 1 is 1.12 bits per heavy atom. The summed E-state index contributed by atoms with van der Waals surface area (Å²) in [4.78, 5) is 32.3. The van der Waals surface area contributed by atoms with E-state index in [-0.39, 0.29) is 36.3 Å². The van der Waals surface area contributed by atoms with E-state index in [1.54, 1.807) is 19.1 Å². The molecule has 0 aliphatic carbocycles. The van der Waals surface area contributed by atoms with Crippen LogP contribution < -0.4 is 16.4 Å². The maximum absolute atomic E-state index is 12.9. The van der Waals surface area contributed by atoms with Gasteiger partial charge in [-0.1, -0.05) is 12.1 Å². The van der Waals surface area contributed by atoms with E-state index >= 15 is 0 Å². The molecule has 1 aromatic carbocycles. The van der Waals surface area contributed by atoms with Crippen LogP contribution in [0.3, 0.4) is 0 Å². The summed E-state index contributed by atoms with van der Waals surface area (Å²) in [7, 11) is 0. The summed E-state index contributed by atoms with van der Waals surface area (Å²) >= 11 is 0. The average molecular weight is 331 g/mol. The van der Waals surface area contributed by atoms with Crippen molar-refractivity contribution in [2.24, 2.45) is 5.73 Å². The zero-order valence-electron chi connectivity index (χ0n) is 13.1. The lowest BCUT2D eigenvalue weighted by atomic mass is 10.2. The largest absolute Gasteiger partial charge is 0.347 e. The number of nitrogens with zero attached hydrogens (tertiary/aromatic N) is 2. The summed E-state index contributed by atoms with van der Waals surface area (Å²) in [5, 5.41) is 5.26. The summed E-state index contributed by atoms with van der Waals surface area (Å²) in [5.74, 6) is -1.42. The van der Waals surface area contributed by atoms with Crippen LogP contribution in [-0.2, 0) is 6.54 Å². The van der Waals surface area contributed by atoms with Crippen LogP contribution in [0.2, 0.25) is 0 Å². The van der Waals surface area contributed by atoms with E-state index in [4.69, 9.17) is 5.73 Å². The van der Waals surface area contributed by atoms with Crippen molar-refractivity contribution >= 4 is 11.8 Å². The van der Waals surface area contributed by atoms with Gasteiger partial charge in [0.2, 0.25) is 0 Å². The lowest BCUT2D eigenvalue weighted by molar-refractivity contribution is 0.0903. The van der Waals surface area contributed by atoms with Crippen LogP contribution in [0.15, 0.2) is 36.7 Å². The number of carbonyl (C=O) groups is 2. The Morgan fingerprint density at radius 3 is 2.29 bits per heavy atom. The molecule has 0 bridgehead atoms. The maximum atomic E-state index is 12.9. The minimum Gasteiger partial charge on any atom is -0.347 e. The van der Waals surface area contributed by atoms with Crippen molar-refractivity contribution in [2.75, 3.05) is 6.54 Å². The van der Waals surface area contributed by atoms with E-state index in [0.29, 0.717) is 0 Å². The third-order valence-electron chi connectivity index (χ3n) is 3.23. The predicted molar refractivity (Wildman–Crippen MR) is 85.6 cm³/mol. The van der Waals surface area contributed by atoms with Crippen molar-refractivity contribution in [3.05, 3.63) is 59.4 Å². The van der Waals surface area contributed by atoms with Gasteiger partial charge in [-0.25, -0.2) is 14.4 Å². The van der Waals surface area contributed by atoms with Gasteiger partial charge in [0.1, 0.15) is 5.82 Å². The van der Waals surface area contributed by atoms with Crippen molar-refractivity contribution in [1.29, 1.82) is 0 Å². The first kappa shape index (κ1) is 17.5. The van der Waals surface area contributed by atoms with Gasteiger partial charge in [0.25, 0.3) is 11.8 Å². The first-order valence-electron chi connectivity index (χ1n) is 7.36. The molecule has 0 spiro atoms. The molecule has 2 aromatic rings. The number of hydrogen-bond donors (Lipinski definition) is 3. The van der Waals surface area contributed by atoms with E-state index in [1.165, 1.54) is 24.5 Å². The SMILES string of the molecule is C[C@@H](CN)NC(=O)c1nccnc1C(=O)NCc1ccc(F)cc1. The molecule has 24 heavy (non-hydrogen) atoms. The lowest BCUT2D eigenvalue weighted by Crippen LogP contribution is -2.39. The first-order valence-corrected chi connectivity index (χ1v) is 7.36. The van der Waals surface area contributed by atoms with Crippen LogP contribution in [0.4, 0.5) is 4.39 Å². The summed E-state index contributed by atoms with van der Waals surface area (Å²) in [6, 6.07) is 5.47. The second-order valence-electron chi connectivity index (χ2n) is 5.17. The lowest BCUT2D eigenvalue weighted by Gasteiger charge is -2.12. The molecular formula is C16H18FN5O2. The van der Waals surface area contributed by atoms with Crippen LogP contribution >= 0.6 is 0 Å². The number of rotatable bonds is 6. The number of amides is 2. The number of hydrogen-bond acceptors (Lipinski definition) is 5. The molecule has 1 heterocycles. The van der Waals surface area contributed by atoms with Crippen LogP contribution in [0.1, 0.15) is 33.5 Å². The Labute approximate surface area is 138 Å². The van der Waals surface area contributed by atoms with Crippen molar-refractivity contribution in [1.82, 2.24) is 20.6 Å². The molecule has 2 rings (SSSR count). The Hall–Kier alpha value is -2.87. The highest BCUT2D eigenvalue weighted by atomic mass is 19.1. The Morgan fingerprint density at radius 2 is 1.71 bits per heavy atom. The maximum Gasteiger partial charge on any atom is 0.272 e. The molecule has 7 nitrogen and oxygen atoms in total. The molecule has 126 valence electrons. The molecule has 0 radical (unpaired) electrons. The molecule has 0 fully saturated rings. The molecule has 4 N–H and O–H groups in total. The number of carbonyl (C=O) groups excluding carboxylic acids is 2. The summed E-state index contributed by atoms with van der Waals surface area (Å²) < 4.78 is 12.9. The number of aromatic nitrogens is 2. The zero-order chi connectivity index (χ0) is 17.5. The summed E-state index contributed by atoms with van der Waals surface area (Å²) in [5.41, 5.74) is 6.02. The van der Waals surface area contributed by atoms with Gasteiger partial charge in [-0.2, -0.15) is 0 Å². The van der Waals surface area contributed by atoms with Crippen molar-refractivity contribution in [3.8, 4) is 0 Å². The van der Waals surface area contributed by atoms with Crippen LogP contribution in [-0.4, -0.2) is 34.4 Å². The molecule has 8 heteroatoms. The average Bonchev–Trinajstić information content (AvgIpc) is 2.60. The molecule has 0 saturated heterocycles. The van der Waals surface area contributed by atoms with E-state index in [2.05, 4.69) is 20.6 Å². The minimum atomic E-state index is -0.544. The highest BCUT2D eigenvalue weighted by Gasteiger charge is 2.20. The fourth-order valence-corrected chi connectivity index (χ4v) is 1.89. The van der Waals surface area contributed by atoms with Crippen molar-refractivity contribution in [3.63, 3.8) is 0 Å². The van der Waals surface area contributed by atoms with Gasteiger partial charge in [0, 0.05) is 31.5 Å². The van der Waals surface area contributed by atoms with Crippen molar-refractivity contribution in [2.45, 2.75) is 19.5 Å². The quantitative estimate of drug-likeness (QED) is 0.719. The van der Waals surface area contributed by atoms with E-state index in [9.17, 15) is 14.0 Å². The van der Waals surface area contributed by atoms with Gasteiger partial charge < -0.3 is 16.4 Å². The molecule has 1 atom stereocenters. The third-order valence-corrected chi connectivity index (χ3v) is 3.23. The van der Waals surface area contributed by atoms with Gasteiger partial charge in [-0.15, -0.1) is 0 Å². The van der Waals surface area contributed by atoms with Gasteiger partial charge in [0.05, 0.1) is 0 Å². The van der Waals surface area contributed by atoms with Crippen molar-refractivity contribution < 1.29 is 14.0 Å². The highest BCUT2D eigenvalue weighted by Crippen LogP contribution is 2.05. The zero-order valence-corrected chi connectivity index (χ0v) is 13.1. The number of nitrogens with one attached hydrogen (secondary N) is 2. The molecule has 1 aromatic heterocycles. The Balaban J connectivity index is 2.09. The van der Waals surface area contributed by atoms with Crippen LogP contribution in [0.5, 0.6) is 0 Å². The predicted octanol–water partition coefficient (Wildman–Crippen LogP) is 0.623. The topological polar surface area (TPSA) is 110 Å². The normalized spacial score (nSPS) is 11.6. The smallest absolute Gasteiger partial charge is 0.272 e. The second kappa shape index (κ2) is 8.11. The third kappa shape index (κ3) is 4.56. The fraction of sp³-hybridized carbons (Fsp3) is 0.250. The van der Waals surface area contributed by atoms with Crippen LogP contribution in [0.25, 0.3) is 0 Å². The van der Waals surface area contributed by atoms with E-state index in [1.807, 2.05) is 0 Å². The Bertz CT molecular complexity index is 721. The highest BCUT2D eigenvalue weighted by molar-refractivity contribution is 6.04. The molecule has 0 aliphatic heterocycles. The van der Waals surface area contributed by atoms with Crippen LogP contribution in [0, 0.1) is 5.82 Å². The number of nitrogens with two attached hydrogens (primary N) is 1. The monoisotopic (exact) mass is 331 g/mol. The van der Waals surface area contributed by atoms with E-state index < -0.39 is 11.8 Å². The standard InChI is InChI=1S/C16H18FN5O2/c1-10(8-18)22-16(24)14-13(19-6-7-20-14)15(23)21-9-11-2-4-12(17)5-3-11/h2-7,10H,8-9,18H2,1H3,(H,21,23)(H,22,24)/t10-/m0/s1. The molecular weight excluding hydrogens is 313 g/mol. The van der Waals surface area contributed by atoms with E-state index in [0.717, 1.165) is 5.56 Å². The first-order chi connectivity index (χ1) is 11.5. The number of benzene rings is 1. The summed E-state index contributed by atoms with van der Waals surface area (Å²) in [6.45, 7) is 2.18. The molecule has 0 aliphatic rings. The van der Waals surface area contributed by atoms with Gasteiger partial charge in [-0.05, 0) is 24.6 Å².